The van der Waals surface area contributed by atoms with E-state index < -0.39 is 12.0 Å². The van der Waals surface area contributed by atoms with Crippen LogP contribution >= 0.6 is 27.5 Å². The molecule has 0 heterocycles. The molecule has 0 aliphatic carbocycles. The highest BCUT2D eigenvalue weighted by Crippen LogP contribution is 2.26. The van der Waals surface area contributed by atoms with Crippen molar-refractivity contribution in [3.63, 3.8) is 0 Å². The topological polar surface area (TPSA) is 63.3 Å². The number of hydrogen-bond donors (Lipinski definition) is 2. The molecule has 0 aliphatic heterocycles. The average Bonchev–Trinajstić information content (AvgIpc) is 2.01. The summed E-state index contributed by atoms with van der Waals surface area (Å²) in [4.78, 5) is 10.4. The Kier molecular flexibility index (Phi) is 3.92. The van der Waals surface area contributed by atoms with Crippen molar-refractivity contribution >= 4 is 33.5 Å². The second-order valence-corrected chi connectivity index (χ2v) is 4.19. The number of aliphatic carboxylic acids is 1. The highest BCUT2D eigenvalue weighted by atomic mass is 79.9. The Morgan fingerprint density at radius 2 is 2.29 bits per heavy atom. The van der Waals surface area contributed by atoms with Crippen molar-refractivity contribution in [2.24, 2.45) is 5.73 Å². The van der Waals surface area contributed by atoms with Crippen molar-refractivity contribution in [1.82, 2.24) is 0 Å². The normalized spacial score (nSPS) is 12.5. The van der Waals surface area contributed by atoms with Gasteiger partial charge in [-0.2, -0.15) is 0 Å². The number of halogens is 2. The number of rotatable bonds is 3. The highest BCUT2D eigenvalue weighted by molar-refractivity contribution is 9.10. The Labute approximate surface area is 95.0 Å². The molecule has 0 saturated heterocycles. The van der Waals surface area contributed by atoms with Gasteiger partial charge in [-0.1, -0.05) is 33.6 Å². The molecule has 14 heavy (non-hydrogen) atoms. The van der Waals surface area contributed by atoms with Crippen LogP contribution in [-0.4, -0.2) is 11.1 Å². The predicted molar refractivity (Wildman–Crippen MR) is 58.3 cm³/mol. The fourth-order valence-corrected chi connectivity index (χ4v) is 1.91. The second kappa shape index (κ2) is 4.77. The summed E-state index contributed by atoms with van der Waals surface area (Å²) in [7, 11) is 0. The molecule has 0 aromatic heterocycles. The molecular formula is C9H9BrClNO2. The van der Waals surface area contributed by atoms with E-state index in [1.165, 1.54) is 0 Å². The molecule has 1 rings (SSSR count). The summed E-state index contributed by atoms with van der Waals surface area (Å²) < 4.78 is 0.841. The minimum atomic E-state index is -0.934. The standard InChI is InChI=1S/C9H9BrClNO2/c10-5-1-2-6(7(11)3-5)8(12)4-9(13)14/h1-3,8H,4,12H2,(H,13,14). The Bertz CT molecular complexity index is 357. The summed E-state index contributed by atoms with van der Waals surface area (Å²) in [5.41, 5.74) is 6.32. The molecule has 0 bridgehead atoms. The zero-order chi connectivity index (χ0) is 10.7. The van der Waals surface area contributed by atoms with Gasteiger partial charge in [0, 0.05) is 15.5 Å². The fourth-order valence-electron chi connectivity index (χ4n) is 1.10. The number of hydrogen-bond acceptors (Lipinski definition) is 2. The Balaban J connectivity index is 2.90. The quantitative estimate of drug-likeness (QED) is 0.893. The molecule has 0 radical (unpaired) electrons. The van der Waals surface area contributed by atoms with Gasteiger partial charge >= 0.3 is 5.97 Å². The van der Waals surface area contributed by atoms with Crippen LogP contribution in [0.2, 0.25) is 5.02 Å². The molecule has 5 heteroatoms. The van der Waals surface area contributed by atoms with Gasteiger partial charge in [0.25, 0.3) is 0 Å². The molecule has 0 aliphatic rings. The summed E-state index contributed by atoms with van der Waals surface area (Å²) in [5, 5.41) is 9.04. The largest absolute Gasteiger partial charge is 0.481 e. The molecule has 0 amide bonds. The fraction of sp³-hybridized carbons (Fsp3) is 0.222. The smallest absolute Gasteiger partial charge is 0.305 e. The average molecular weight is 279 g/mol. The number of benzene rings is 1. The van der Waals surface area contributed by atoms with E-state index in [9.17, 15) is 4.79 Å². The van der Waals surface area contributed by atoms with Crippen molar-refractivity contribution in [2.45, 2.75) is 12.5 Å². The number of carboxylic acid groups (broad SMARTS) is 1. The van der Waals surface area contributed by atoms with Crippen LogP contribution in [0.4, 0.5) is 0 Å². The second-order valence-electron chi connectivity index (χ2n) is 2.87. The van der Waals surface area contributed by atoms with E-state index in [-0.39, 0.29) is 6.42 Å². The van der Waals surface area contributed by atoms with Gasteiger partial charge in [-0.25, -0.2) is 0 Å². The van der Waals surface area contributed by atoms with Crippen LogP contribution in [0.3, 0.4) is 0 Å². The van der Waals surface area contributed by atoms with Gasteiger partial charge in [0.05, 0.1) is 6.42 Å². The van der Waals surface area contributed by atoms with Gasteiger partial charge in [-0.15, -0.1) is 0 Å². The molecule has 1 aromatic carbocycles. The highest BCUT2D eigenvalue weighted by Gasteiger charge is 2.13. The maximum Gasteiger partial charge on any atom is 0.305 e. The van der Waals surface area contributed by atoms with Gasteiger partial charge in [0.15, 0.2) is 0 Å². The molecule has 1 atom stereocenters. The van der Waals surface area contributed by atoms with Crippen molar-refractivity contribution in [3.05, 3.63) is 33.3 Å². The van der Waals surface area contributed by atoms with Gasteiger partial charge in [-0.05, 0) is 17.7 Å². The third-order valence-corrected chi connectivity index (χ3v) is 2.58. The van der Waals surface area contributed by atoms with E-state index in [4.69, 9.17) is 22.4 Å². The molecule has 3 nitrogen and oxygen atoms in total. The van der Waals surface area contributed by atoms with E-state index >= 15 is 0 Å². The predicted octanol–water partition coefficient (Wildman–Crippen LogP) is 2.58. The first kappa shape index (κ1) is 11.5. The first-order valence-electron chi connectivity index (χ1n) is 3.93. The summed E-state index contributed by atoms with van der Waals surface area (Å²) >= 11 is 9.16. The van der Waals surface area contributed by atoms with Crippen LogP contribution in [0.1, 0.15) is 18.0 Å². The van der Waals surface area contributed by atoms with Crippen molar-refractivity contribution in [2.75, 3.05) is 0 Å². The van der Waals surface area contributed by atoms with Crippen molar-refractivity contribution in [1.29, 1.82) is 0 Å². The van der Waals surface area contributed by atoms with Crippen molar-refractivity contribution < 1.29 is 9.90 Å². The van der Waals surface area contributed by atoms with Gasteiger partial charge in [0.2, 0.25) is 0 Å². The minimum absolute atomic E-state index is 0.124. The Morgan fingerprint density at radius 3 is 2.79 bits per heavy atom. The Hall–Kier alpha value is -0.580. The SMILES string of the molecule is NC(CC(=O)O)c1ccc(Br)cc1Cl. The maximum absolute atomic E-state index is 10.4. The molecular weight excluding hydrogens is 269 g/mol. The third kappa shape index (κ3) is 2.97. The Morgan fingerprint density at radius 1 is 1.64 bits per heavy atom. The summed E-state index contributed by atoms with van der Waals surface area (Å²) in [6.45, 7) is 0. The molecule has 0 saturated carbocycles. The first-order chi connectivity index (χ1) is 6.50. The van der Waals surface area contributed by atoms with Gasteiger partial charge in [0.1, 0.15) is 0 Å². The summed E-state index contributed by atoms with van der Waals surface area (Å²) in [6.07, 6.45) is -0.124. The first-order valence-corrected chi connectivity index (χ1v) is 5.10. The van der Waals surface area contributed by atoms with Crippen LogP contribution in [0.25, 0.3) is 0 Å². The monoisotopic (exact) mass is 277 g/mol. The van der Waals surface area contributed by atoms with Crippen LogP contribution in [0.15, 0.2) is 22.7 Å². The lowest BCUT2D eigenvalue weighted by atomic mass is 10.1. The van der Waals surface area contributed by atoms with Crippen LogP contribution in [-0.2, 0) is 4.79 Å². The number of carbonyl (C=O) groups is 1. The lowest BCUT2D eigenvalue weighted by Gasteiger charge is -2.11. The molecule has 3 N–H and O–H groups in total. The molecule has 0 spiro atoms. The van der Waals surface area contributed by atoms with Crippen LogP contribution < -0.4 is 5.73 Å². The van der Waals surface area contributed by atoms with Crippen LogP contribution in [0.5, 0.6) is 0 Å². The van der Waals surface area contributed by atoms with E-state index in [0.29, 0.717) is 10.6 Å². The lowest BCUT2D eigenvalue weighted by Crippen LogP contribution is -2.15. The number of nitrogens with two attached hydrogens (primary N) is 1. The minimum Gasteiger partial charge on any atom is -0.481 e. The van der Waals surface area contributed by atoms with Gasteiger partial charge in [-0.3, -0.25) is 4.79 Å². The van der Waals surface area contributed by atoms with Crippen LogP contribution in [0, 0.1) is 0 Å². The zero-order valence-electron chi connectivity index (χ0n) is 7.21. The zero-order valence-corrected chi connectivity index (χ0v) is 9.55. The lowest BCUT2D eigenvalue weighted by molar-refractivity contribution is -0.137. The van der Waals surface area contributed by atoms with E-state index in [2.05, 4.69) is 15.9 Å². The molecule has 1 aromatic rings. The van der Waals surface area contributed by atoms with E-state index in [1.54, 1.807) is 18.2 Å². The third-order valence-electron chi connectivity index (χ3n) is 1.76. The van der Waals surface area contributed by atoms with E-state index in [0.717, 1.165) is 4.47 Å². The molecule has 1 unspecified atom stereocenters. The van der Waals surface area contributed by atoms with E-state index in [1.807, 2.05) is 0 Å². The molecule has 76 valence electrons. The van der Waals surface area contributed by atoms with Crippen molar-refractivity contribution in [3.8, 4) is 0 Å². The van der Waals surface area contributed by atoms with Gasteiger partial charge < -0.3 is 10.8 Å². The summed E-state index contributed by atoms with van der Waals surface area (Å²) in [6, 6.07) is 4.63. The summed E-state index contributed by atoms with van der Waals surface area (Å²) in [5.74, 6) is -0.934. The maximum atomic E-state index is 10.4. The molecule has 0 fully saturated rings. The number of carboxylic acids is 1.